The Morgan fingerprint density at radius 3 is 2.52 bits per heavy atom. The lowest BCUT2D eigenvalue weighted by Crippen LogP contribution is -2.54. The zero-order valence-electron chi connectivity index (χ0n) is 14.2. The third-order valence-corrected chi connectivity index (χ3v) is 7.20. The summed E-state index contributed by atoms with van der Waals surface area (Å²) in [7, 11) is 0. The normalized spacial score (nSPS) is 45.3. The van der Waals surface area contributed by atoms with Crippen molar-refractivity contribution in [2.24, 2.45) is 28.1 Å². The molecule has 3 aliphatic carbocycles. The second kappa shape index (κ2) is 4.57. The van der Waals surface area contributed by atoms with E-state index >= 15 is 0 Å². The third kappa shape index (κ3) is 2.07. The van der Waals surface area contributed by atoms with E-state index in [1.807, 2.05) is 0 Å². The fourth-order valence-corrected chi connectivity index (χ4v) is 5.71. The highest BCUT2D eigenvalue weighted by Gasteiger charge is 2.56. The number of fused-ring (bicyclic) bond motifs is 3. The molecule has 0 unspecified atom stereocenters. The lowest BCUT2D eigenvalue weighted by atomic mass is 9.45. The first kappa shape index (κ1) is 15.1. The van der Waals surface area contributed by atoms with Crippen molar-refractivity contribution in [3.05, 3.63) is 24.3 Å². The highest BCUT2D eigenvalue weighted by atomic mass is 16.1. The van der Waals surface area contributed by atoms with Crippen LogP contribution in [0.5, 0.6) is 0 Å². The summed E-state index contributed by atoms with van der Waals surface area (Å²) in [6.07, 6.45) is 11.4. The van der Waals surface area contributed by atoms with Gasteiger partial charge < -0.3 is 0 Å². The molecule has 0 spiro atoms. The standard InChI is InChI=1S/C20H30O/c1-6-19(4)11-9-15-14(13-19)7-8-16-18(2,3)17(21)10-12-20(15,16)5/h6,13,15-16H,1,7-12H2,2-5H3/t15-,16-,19-,20+/m0/s1. The molecule has 1 nitrogen and oxygen atoms in total. The zero-order chi connectivity index (χ0) is 15.5. The zero-order valence-corrected chi connectivity index (χ0v) is 14.2. The number of allylic oxidation sites excluding steroid dienone is 3. The van der Waals surface area contributed by atoms with E-state index < -0.39 is 0 Å². The molecule has 4 atom stereocenters. The Kier molecular flexibility index (Phi) is 3.28. The van der Waals surface area contributed by atoms with E-state index in [2.05, 4.69) is 46.4 Å². The van der Waals surface area contributed by atoms with Gasteiger partial charge in [-0.25, -0.2) is 0 Å². The van der Waals surface area contributed by atoms with Gasteiger partial charge in [-0.2, -0.15) is 0 Å². The Hall–Kier alpha value is -0.850. The summed E-state index contributed by atoms with van der Waals surface area (Å²) in [5.74, 6) is 1.74. The first-order chi connectivity index (χ1) is 9.73. The summed E-state index contributed by atoms with van der Waals surface area (Å²) in [6, 6.07) is 0. The summed E-state index contributed by atoms with van der Waals surface area (Å²) >= 11 is 0. The first-order valence-corrected chi connectivity index (χ1v) is 8.61. The van der Waals surface area contributed by atoms with Crippen molar-refractivity contribution in [3.8, 4) is 0 Å². The average Bonchev–Trinajstić information content (AvgIpc) is 2.43. The predicted molar refractivity (Wildman–Crippen MR) is 88.0 cm³/mol. The van der Waals surface area contributed by atoms with Gasteiger partial charge in [0.25, 0.3) is 0 Å². The van der Waals surface area contributed by atoms with Crippen LogP contribution in [0.25, 0.3) is 0 Å². The lowest BCUT2D eigenvalue weighted by molar-refractivity contribution is -0.145. The topological polar surface area (TPSA) is 17.1 Å². The van der Waals surface area contributed by atoms with Gasteiger partial charge in [0.15, 0.2) is 0 Å². The molecule has 1 heteroatoms. The van der Waals surface area contributed by atoms with E-state index in [1.165, 1.54) is 25.7 Å². The monoisotopic (exact) mass is 286 g/mol. The van der Waals surface area contributed by atoms with Crippen molar-refractivity contribution in [3.63, 3.8) is 0 Å². The smallest absolute Gasteiger partial charge is 0.138 e. The van der Waals surface area contributed by atoms with Crippen LogP contribution in [0.15, 0.2) is 24.3 Å². The molecule has 2 saturated carbocycles. The molecule has 0 N–H and O–H groups in total. The van der Waals surface area contributed by atoms with Crippen LogP contribution in [0.4, 0.5) is 0 Å². The molecule has 0 aliphatic heterocycles. The molecule has 0 aromatic carbocycles. The molecule has 0 aromatic rings. The van der Waals surface area contributed by atoms with Gasteiger partial charge in [0, 0.05) is 17.3 Å². The number of hydrogen-bond acceptors (Lipinski definition) is 1. The third-order valence-electron chi connectivity index (χ3n) is 7.20. The maximum atomic E-state index is 12.4. The number of Topliss-reactive ketones (excluding diaryl/α,β-unsaturated/α-hetero) is 1. The van der Waals surface area contributed by atoms with Crippen molar-refractivity contribution in [2.45, 2.75) is 66.2 Å². The summed E-state index contributed by atoms with van der Waals surface area (Å²) < 4.78 is 0. The average molecular weight is 286 g/mol. The number of ketones is 1. The van der Waals surface area contributed by atoms with Crippen molar-refractivity contribution in [1.29, 1.82) is 0 Å². The molecule has 0 radical (unpaired) electrons. The van der Waals surface area contributed by atoms with Crippen LogP contribution >= 0.6 is 0 Å². The van der Waals surface area contributed by atoms with Gasteiger partial charge in [-0.1, -0.05) is 45.4 Å². The first-order valence-electron chi connectivity index (χ1n) is 8.61. The largest absolute Gasteiger partial charge is 0.299 e. The number of carbonyl (C=O) groups is 1. The highest BCUT2D eigenvalue weighted by molar-refractivity contribution is 5.85. The quantitative estimate of drug-likeness (QED) is 0.596. The summed E-state index contributed by atoms with van der Waals surface area (Å²) in [4.78, 5) is 12.4. The van der Waals surface area contributed by atoms with Crippen LogP contribution in [0, 0.1) is 28.1 Å². The summed E-state index contributed by atoms with van der Waals surface area (Å²) in [5, 5.41) is 0. The van der Waals surface area contributed by atoms with Crippen molar-refractivity contribution in [2.75, 3.05) is 0 Å². The van der Waals surface area contributed by atoms with Gasteiger partial charge in [0.2, 0.25) is 0 Å². The molecule has 0 saturated heterocycles. The molecular formula is C20H30O. The summed E-state index contributed by atoms with van der Waals surface area (Å²) in [6.45, 7) is 13.2. The molecule has 21 heavy (non-hydrogen) atoms. The molecule has 0 heterocycles. The highest BCUT2D eigenvalue weighted by Crippen LogP contribution is 2.62. The van der Waals surface area contributed by atoms with Gasteiger partial charge in [-0.05, 0) is 49.4 Å². The van der Waals surface area contributed by atoms with E-state index in [4.69, 9.17) is 0 Å². The SMILES string of the molecule is C=C[C@]1(C)C=C2CC[C@H]3C(C)(C)C(=O)CC[C@]3(C)[C@H]2CC1. The van der Waals surface area contributed by atoms with Gasteiger partial charge in [-0.3, -0.25) is 4.79 Å². The van der Waals surface area contributed by atoms with Gasteiger partial charge >= 0.3 is 0 Å². The van der Waals surface area contributed by atoms with Crippen molar-refractivity contribution >= 4 is 5.78 Å². The van der Waals surface area contributed by atoms with E-state index in [0.717, 1.165) is 12.8 Å². The molecule has 0 amide bonds. The number of rotatable bonds is 1. The van der Waals surface area contributed by atoms with Crippen LogP contribution in [0.1, 0.15) is 66.2 Å². The molecular weight excluding hydrogens is 256 g/mol. The fraction of sp³-hybridized carbons (Fsp3) is 0.750. The Bertz CT molecular complexity index is 512. The van der Waals surface area contributed by atoms with Crippen molar-refractivity contribution in [1.82, 2.24) is 0 Å². The van der Waals surface area contributed by atoms with Crippen molar-refractivity contribution < 1.29 is 4.79 Å². The molecule has 2 fully saturated rings. The van der Waals surface area contributed by atoms with Gasteiger partial charge in [0.1, 0.15) is 5.78 Å². The second-order valence-corrected chi connectivity index (χ2v) is 8.76. The van der Waals surface area contributed by atoms with Gasteiger partial charge in [-0.15, -0.1) is 6.58 Å². The molecule has 116 valence electrons. The van der Waals surface area contributed by atoms with Crippen LogP contribution in [-0.4, -0.2) is 5.78 Å². The Morgan fingerprint density at radius 2 is 1.86 bits per heavy atom. The van der Waals surface area contributed by atoms with Crippen LogP contribution in [-0.2, 0) is 4.79 Å². The maximum Gasteiger partial charge on any atom is 0.138 e. The molecule has 3 rings (SSSR count). The van der Waals surface area contributed by atoms with Crippen LogP contribution in [0.3, 0.4) is 0 Å². The number of hydrogen-bond donors (Lipinski definition) is 0. The summed E-state index contributed by atoms with van der Waals surface area (Å²) in [5.41, 5.74) is 2.05. The second-order valence-electron chi connectivity index (χ2n) is 8.76. The Balaban J connectivity index is 1.99. The van der Waals surface area contributed by atoms with Crippen LogP contribution in [0.2, 0.25) is 0 Å². The van der Waals surface area contributed by atoms with Gasteiger partial charge in [0.05, 0.1) is 0 Å². The lowest BCUT2D eigenvalue weighted by Gasteiger charge is -2.58. The molecule has 0 bridgehead atoms. The van der Waals surface area contributed by atoms with E-state index in [-0.39, 0.29) is 10.8 Å². The minimum Gasteiger partial charge on any atom is -0.299 e. The Labute approximate surface area is 129 Å². The molecule has 0 aromatic heterocycles. The maximum absolute atomic E-state index is 12.4. The van der Waals surface area contributed by atoms with E-state index in [9.17, 15) is 4.79 Å². The fourth-order valence-electron chi connectivity index (χ4n) is 5.71. The minimum atomic E-state index is -0.127. The van der Waals surface area contributed by atoms with Crippen LogP contribution < -0.4 is 0 Å². The van der Waals surface area contributed by atoms with E-state index in [0.29, 0.717) is 23.0 Å². The minimum absolute atomic E-state index is 0.127. The van der Waals surface area contributed by atoms with E-state index in [1.54, 1.807) is 5.57 Å². The number of carbonyl (C=O) groups excluding carboxylic acids is 1. The Morgan fingerprint density at radius 1 is 1.14 bits per heavy atom. The molecule has 3 aliphatic rings. The predicted octanol–water partition coefficient (Wildman–Crippen LogP) is 5.32.